The molecular weight excluding hydrogens is 132 g/mol. The number of hydrogen-bond donors (Lipinski definition) is 0. The van der Waals surface area contributed by atoms with Crippen LogP contribution in [0.5, 0.6) is 0 Å². The molecule has 0 aromatic carbocycles. The number of hydrogen-bond acceptors (Lipinski definition) is 2. The molecule has 0 N–H and O–H groups in total. The summed E-state index contributed by atoms with van der Waals surface area (Å²) in [6.45, 7) is 3.91. The maximum Gasteiger partial charge on any atom is 0.578 e. The van der Waals surface area contributed by atoms with Gasteiger partial charge in [-0.05, 0) is 18.8 Å². The number of carbonyl (C=O) groups excluding carboxylic acids is 1. The molecule has 10 heavy (non-hydrogen) atoms. The summed E-state index contributed by atoms with van der Waals surface area (Å²) in [6, 6.07) is -0.695. The number of nitroso groups, excluding NO2 is 1. The van der Waals surface area contributed by atoms with E-state index in [0.717, 1.165) is 0 Å². The summed E-state index contributed by atoms with van der Waals surface area (Å²) in [6.07, 6.45) is 1.52. The monoisotopic (exact) mass is 141 g/mol. The molecule has 4 nitrogen and oxygen atoms in total. The largest absolute Gasteiger partial charge is 0.578 e. The number of carbonyl (C=O) groups is 1. The van der Waals surface area contributed by atoms with Crippen LogP contribution < -0.4 is 0 Å². The maximum absolute atomic E-state index is 10.7. The van der Waals surface area contributed by atoms with Crippen molar-refractivity contribution in [1.82, 2.24) is 0 Å². The second-order valence-corrected chi connectivity index (χ2v) is 3.07. The lowest BCUT2D eigenvalue weighted by Crippen LogP contribution is -2.34. The predicted octanol–water partition coefficient (Wildman–Crippen LogP) is 0.996. The molecule has 0 aromatic heterocycles. The Morgan fingerprint density at radius 2 is 2.30 bits per heavy atom. The highest BCUT2D eigenvalue weighted by atomic mass is 16.3. The average molecular weight is 141 g/mol. The SMILES string of the molecule is CC1(C)C=NC(=O)[N+](=O)C1. The molecular formula is C6H9N2O2+. The van der Waals surface area contributed by atoms with E-state index in [0.29, 0.717) is 4.76 Å². The molecule has 0 unspecified atom stereocenters. The van der Waals surface area contributed by atoms with E-state index < -0.39 is 6.03 Å². The highest BCUT2D eigenvalue weighted by Gasteiger charge is 2.35. The topological polar surface area (TPSA) is 49.5 Å². The number of rotatable bonds is 0. The number of aliphatic imine (C=N–C) groups is 1. The van der Waals surface area contributed by atoms with Gasteiger partial charge in [0.25, 0.3) is 0 Å². The van der Waals surface area contributed by atoms with Gasteiger partial charge in [-0.2, -0.15) is 4.79 Å². The molecule has 0 spiro atoms. The molecule has 54 valence electrons. The highest BCUT2D eigenvalue weighted by Crippen LogP contribution is 2.15. The van der Waals surface area contributed by atoms with Crippen LogP contribution in [-0.4, -0.2) is 23.6 Å². The minimum atomic E-state index is -0.695. The second-order valence-electron chi connectivity index (χ2n) is 3.07. The minimum absolute atomic E-state index is 0.204. The third-order valence-corrected chi connectivity index (χ3v) is 1.29. The fourth-order valence-corrected chi connectivity index (χ4v) is 0.773. The normalized spacial score (nSPS) is 23.4. The third kappa shape index (κ3) is 1.26. The van der Waals surface area contributed by atoms with E-state index in [9.17, 15) is 9.70 Å². The molecule has 1 rings (SSSR count). The molecule has 0 saturated heterocycles. The van der Waals surface area contributed by atoms with E-state index in [4.69, 9.17) is 0 Å². The van der Waals surface area contributed by atoms with Gasteiger partial charge in [0.05, 0.1) is 5.41 Å². The molecule has 2 amide bonds. The minimum Gasteiger partial charge on any atom is -0.190 e. The Morgan fingerprint density at radius 3 is 2.70 bits per heavy atom. The van der Waals surface area contributed by atoms with E-state index in [2.05, 4.69) is 4.99 Å². The van der Waals surface area contributed by atoms with Crippen LogP contribution in [0.1, 0.15) is 13.8 Å². The smallest absolute Gasteiger partial charge is 0.190 e. The maximum atomic E-state index is 10.7. The molecule has 0 atom stereocenters. The van der Waals surface area contributed by atoms with Gasteiger partial charge in [-0.25, -0.2) is 0 Å². The summed E-state index contributed by atoms with van der Waals surface area (Å²) in [5, 5.41) is 0. The van der Waals surface area contributed by atoms with Gasteiger partial charge in [-0.3, -0.25) is 0 Å². The van der Waals surface area contributed by atoms with E-state index in [1.807, 2.05) is 13.8 Å². The molecule has 0 fully saturated rings. The molecule has 0 saturated carbocycles. The summed E-state index contributed by atoms with van der Waals surface area (Å²) in [5.74, 6) is 0. The van der Waals surface area contributed by atoms with Crippen molar-refractivity contribution in [2.45, 2.75) is 13.8 Å². The summed E-state index contributed by atoms with van der Waals surface area (Å²) < 4.78 is 0.375. The van der Waals surface area contributed by atoms with Crippen molar-refractivity contribution in [3.8, 4) is 0 Å². The van der Waals surface area contributed by atoms with Crippen molar-refractivity contribution in [3.63, 3.8) is 0 Å². The number of nitrogens with zero attached hydrogens (tertiary/aromatic N) is 2. The first-order valence-electron chi connectivity index (χ1n) is 3.05. The van der Waals surface area contributed by atoms with E-state index in [-0.39, 0.29) is 12.0 Å². The molecule has 1 aliphatic rings. The van der Waals surface area contributed by atoms with Crippen molar-refractivity contribution < 1.29 is 9.55 Å². The second kappa shape index (κ2) is 1.97. The molecule has 1 heterocycles. The van der Waals surface area contributed by atoms with E-state index in [1.54, 1.807) is 0 Å². The van der Waals surface area contributed by atoms with Crippen molar-refractivity contribution in [1.29, 1.82) is 0 Å². The van der Waals surface area contributed by atoms with Crippen molar-refractivity contribution in [2.24, 2.45) is 10.4 Å². The van der Waals surface area contributed by atoms with Gasteiger partial charge >= 0.3 is 6.03 Å². The standard InChI is InChI=1S/C6H9N2O2/c1-6(2)3-7-5(9)8(10)4-6/h3H,4H2,1-2H3/q+1. The first-order chi connectivity index (χ1) is 4.51. The van der Waals surface area contributed by atoms with Crippen molar-refractivity contribution >= 4 is 12.2 Å². The zero-order chi connectivity index (χ0) is 7.78. The molecule has 0 bridgehead atoms. The van der Waals surface area contributed by atoms with Crippen LogP contribution in [0.25, 0.3) is 0 Å². The van der Waals surface area contributed by atoms with Crippen LogP contribution in [0.15, 0.2) is 4.99 Å². The molecule has 0 aliphatic carbocycles. The summed E-state index contributed by atoms with van der Waals surface area (Å²) in [4.78, 5) is 24.6. The summed E-state index contributed by atoms with van der Waals surface area (Å²) >= 11 is 0. The number of urea groups is 1. The molecule has 0 aromatic rings. The Labute approximate surface area is 58.5 Å². The summed E-state index contributed by atoms with van der Waals surface area (Å²) in [7, 11) is 0. The van der Waals surface area contributed by atoms with Crippen molar-refractivity contribution in [3.05, 3.63) is 4.91 Å². The highest BCUT2D eigenvalue weighted by molar-refractivity contribution is 5.82. The van der Waals surface area contributed by atoms with Crippen LogP contribution in [0.2, 0.25) is 0 Å². The lowest BCUT2D eigenvalue weighted by atomic mass is 9.94. The Kier molecular flexibility index (Phi) is 1.39. The van der Waals surface area contributed by atoms with Crippen LogP contribution in [0, 0.1) is 10.3 Å². The first kappa shape index (κ1) is 7.05. The Hall–Kier alpha value is -1.06. The number of amides is 2. The van der Waals surface area contributed by atoms with Gasteiger partial charge in [0.2, 0.25) is 0 Å². The van der Waals surface area contributed by atoms with Gasteiger partial charge in [-0.1, -0.05) is 4.91 Å². The predicted molar refractivity (Wildman–Crippen MR) is 36.2 cm³/mol. The fraction of sp³-hybridized carbons (Fsp3) is 0.667. The van der Waals surface area contributed by atoms with Crippen LogP contribution in [0.4, 0.5) is 4.79 Å². The van der Waals surface area contributed by atoms with E-state index >= 15 is 0 Å². The zero-order valence-corrected chi connectivity index (χ0v) is 6.00. The van der Waals surface area contributed by atoms with Gasteiger partial charge < -0.3 is 0 Å². The van der Waals surface area contributed by atoms with Gasteiger partial charge in [0.1, 0.15) is 6.21 Å². The molecule has 0 radical (unpaired) electrons. The van der Waals surface area contributed by atoms with E-state index in [1.165, 1.54) is 6.21 Å². The lowest BCUT2D eigenvalue weighted by molar-refractivity contribution is -0.462. The third-order valence-electron chi connectivity index (χ3n) is 1.29. The molecule has 4 heteroatoms. The van der Waals surface area contributed by atoms with Crippen LogP contribution >= 0.6 is 0 Å². The quantitative estimate of drug-likeness (QED) is 0.472. The fourth-order valence-electron chi connectivity index (χ4n) is 0.773. The Balaban J connectivity index is 2.89. The van der Waals surface area contributed by atoms with Crippen LogP contribution in [0.3, 0.4) is 0 Å². The van der Waals surface area contributed by atoms with Gasteiger partial charge in [0.15, 0.2) is 6.54 Å². The van der Waals surface area contributed by atoms with Crippen LogP contribution in [-0.2, 0) is 0 Å². The van der Waals surface area contributed by atoms with Crippen molar-refractivity contribution in [2.75, 3.05) is 6.54 Å². The first-order valence-corrected chi connectivity index (χ1v) is 3.05. The Bertz CT molecular complexity index is 218. The molecule has 1 aliphatic heterocycles. The zero-order valence-electron chi connectivity index (χ0n) is 6.00. The van der Waals surface area contributed by atoms with Gasteiger partial charge in [0, 0.05) is 4.76 Å². The summed E-state index contributed by atoms with van der Waals surface area (Å²) in [5.41, 5.74) is -0.268. The lowest BCUT2D eigenvalue weighted by Gasteiger charge is -2.13. The Morgan fingerprint density at radius 1 is 1.70 bits per heavy atom. The van der Waals surface area contributed by atoms with Gasteiger partial charge in [-0.15, -0.1) is 0 Å². The average Bonchev–Trinajstić information content (AvgIpc) is 1.79.